The van der Waals surface area contributed by atoms with Gasteiger partial charge in [0.05, 0.1) is 0 Å². The number of carbonyl (C=O) groups is 8. The summed E-state index contributed by atoms with van der Waals surface area (Å²) in [4.78, 5) is 97.7. The molecule has 0 radical (unpaired) electrons. The molecule has 0 saturated heterocycles. The summed E-state index contributed by atoms with van der Waals surface area (Å²) >= 11 is 0. The molecule has 2 rings (SSSR count). The second kappa shape index (κ2) is 19.4. The number of hydrogen-bond donors (Lipinski definition) is 7. The van der Waals surface area contributed by atoms with Gasteiger partial charge in [0.2, 0.25) is 18.2 Å². The van der Waals surface area contributed by atoms with E-state index < -0.39 is 91.1 Å². The first-order chi connectivity index (χ1) is 24.0. The molecule has 0 unspecified atom stereocenters. The highest BCUT2D eigenvalue weighted by molar-refractivity contribution is 5.89. The minimum absolute atomic E-state index is 0.0461. The predicted molar refractivity (Wildman–Crippen MR) is 182 cm³/mol. The van der Waals surface area contributed by atoms with E-state index in [0.29, 0.717) is 22.6 Å². The zero-order chi connectivity index (χ0) is 38.3. The third-order valence-electron chi connectivity index (χ3n) is 8.51. The van der Waals surface area contributed by atoms with E-state index in [-0.39, 0.29) is 25.8 Å². The Labute approximate surface area is 294 Å². The third-order valence-corrected chi connectivity index (χ3v) is 8.51. The van der Waals surface area contributed by atoms with E-state index in [2.05, 4.69) is 16.0 Å². The molecule has 0 aliphatic heterocycles. The standard InChI is InChI=1S/C34H45N5O12/c1-34(32(49)50,16-6-7-17-35-29(44)24(36-20-40)19-21-10-11-22-8-4-5-9-23(22)18-21)37-27(41)14-12-25(30(45)46)38(2)33(51)39(3)26(31(47)48)13-15-28(42)43/h4-5,8-11,18,20,24-26H,6-7,12-17,19H2,1-3H3,(H,35,44)(H,36,40)(H,37,41)(H,42,43)(H,45,46)(H,47,48)(H,49,50)/t24-,25-,26-,34+/m0/s1. The quantitative estimate of drug-likeness (QED) is 0.0672. The van der Waals surface area contributed by atoms with Gasteiger partial charge in [0.1, 0.15) is 23.7 Å². The van der Waals surface area contributed by atoms with Crippen LogP contribution in [0.2, 0.25) is 0 Å². The molecule has 0 aromatic heterocycles. The number of carbonyl (C=O) groups excluding carboxylic acids is 4. The Bertz CT molecular complexity index is 1600. The maximum atomic E-state index is 12.9. The Morgan fingerprint density at radius 1 is 0.824 bits per heavy atom. The highest BCUT2D eigenvalue weighted by Crippen LogP contribution is 2.19. The number of unbranched alkanes of at least 4 members (excludes halogenated alkanes) is 1. The summed E-state index contributed by atoms with van der Waals surface area (Å²) in [5.41, 5.74) is -0.908. The second-order valence-corrected chi connectivity index (χ2v) is 12.3. The predicted octanol–water partition coefficient (Wildman–Crippen LogP) is 1.28. The van der Waals surface area contributed by atoms with Gasteiger partial charge in [-0.25, -0.2) is 19.2 Å². The summed E-state index contributed by atoms with van der Waals surface area (Å²) in [6, 6.07) is 8.42. The molecule has 17 heteroatoms. The van der Waals surface area contributed by atoms with Gasteiger partial charge in [-0.1, -0.05) is 42.5 Å². The summed E-state index contributed by atoms with van der Waals surface area (Å²) < 4.78 is 0. The van der Waals surface area contributed by atoms with Gasteiger partial charge >= 0.3 is 29.9 Å². The average Bonchev–Trinajstić information content (AvgIpc) is 3.06. The molecule has 0 spiro atoms. The molecule has 51 heavy (non-hydrogen) atoms. The molecule has 0 heterocycles. The lowest BCUT2D eigenvalue weighted by Crippen LogP contribution is -2.54. The van der Waals surface area contributed by atoms with Gasteiger partial charge in [-0.2, -0.15) is 0 Å². The van der Waals surface area contributed by atoms with Crippen LogP contribution in [0.25, 0.3) is 10.8 Å². The smallest absolute Gasteiger partial charge is 0.329 e. The van der Waals surface area contributed by atoms with Gasteiger partial charge < -0.3 is 46.2 Å². The minimum atomic E-state index is -1.75. The van der Waals surface area contributed by atoms with Gasteiger partial charge in [0, 0.05) is 39.9 Å². The van der Waals surface area contributed by atoms with E-state index in [1.165, 1.54) is 6.92 Å². The van der Waals surface area contributed by atoms with Crippen molar-refractivity contribution in [3.8, 4) is 0 Å². The molecule has 0 bridgehead atoms. The Kier molecular flexibility index (Phi) is 15.8. The van der Waals surface area contributed by atoms with Crippen molar-refractivity contribution in [2.75, 3.05) is 20.6 Å². The van der Waals surface area contributed by atoms with E-state index in [1.54, 1.807) is 0 Å². The van der Waals surface area contributed by atoms with Crippen LogP contribution >= 0.6 is 0 Å². The number of nitrogens with one attached hydrogen (secondary N) is 3. The van der Waals surface area contributed by atoms with Gasteiger partial charge in [-0.3, -0.25) is 19.2 Å². The van der Waals surface area contributed by atoms with Crippen LogP contribution in [0, 0.1) is 0 Å². The molecular weight excluding hydrogens is 670 g/mol. The number of benzene rings is 2. The van der Waals surface area contributed by atoms with Crippen LogP contribution in [0.5, 0.6) is 0 Å². The molecule has 4 atom stereocenters. The molecule has 2 aromatic carbocycles. The van der Waals surface area contributed by atoms with Crippen LogP contribution in [-0.4, -0.2) is 123 Å². The first kappa shape index (κ1) is 41.4. The second-order valence-electron chi connectivity index (χ2n) is 12.3. The number of aliphatic carboxylic acids is 4. The van der Waals surface area contributed by atoms with Crippen LogP contribution in [0.15, 0.2) is 42.5 Å². The van der Waals surface area contributed by atoms with Gasteiger partial charge in [0.25, 0.3) is 0 Å². The van der Waals surface area contributed by atoms with E-state index in [0.717, 1.165) is 30.4 Å². The third kappa shape index (κ3) is 12.6. The largest absolute Gasteiger partial charge is 0.481 e. The number of rotatable bonds is 22. The lowest BCUT2D eigenvalue weighted by molar-refractivity contribution is -0.148. The number of carboxylic acids is 4. The number of nitrogens with zero attached hydrogens (tertiary/aromatic N) is 2. The Balaban J connectivity index is 1.91. The van der Waals surface area contributed by atoms with E-state index in [4.69, 9.17) is 5.11 Å². The normalized spacial score (nSPS) is 13.8. The number of hydrogen-bond acceptors (Lipinski definition) is 8. The molecule has 0 saturated carbocycles. The molecule has 5 amide bonds. The summed E-state index contributed by atoms with van der Waals surface area (Å²) in [6.45, 7) is 1.44. The van der Waals surface area contributed by atoms with Crippen molar-refractivity contribution in [3.05, 3.63) is 48.0 Å². The summed E-state index contributed by atoms with van der Waals surface area (Å²) in [6.07, 6.45) is -0.684. The zero-order valence-electron chi connectivity index (χ0n) is 28.7. The monoisotopic (exact) mass is 715 g/mol. The van der Waals surface area contributed by atoms with Crippen LogP contribution in [-0.2, 0) is 40.0 Å². The Hall–Kier alpha value is -5.74. The molecule has 0 aliphatic rings. The van der Waals surface area contributed by atoms with Crippen molar-refractivity contribution in [2.24, 2.45) is 0 Å². The van der Waals surface area contributed by atoms with Crippen LogP contribution in [0.1, 0.15) is 57.4 Å². The lowest BCUT2D eigenvalue weighted by Gasteiger charge is -2.32. The fourth-order valence-corrected chi connectivity index (χ4v) is 5.45. The van der Waals surface area contributed by atoms with Crippen LogP contribution in [0.3, 0.4) is 0 Å². The van der Waals surface area contributed by atoms with Gasteiger partial charge in [-0.15, -0.1) is 0 Å². The molecular formula is C34H45N5O12. The van der Waals surface area contributed by atoms with Crippen molar-refractivity contribution in [3.63, 3.8) is 0 Å². The molecule has 2 aromatic rings. The van der Waals surface area contributed by atoms with E-state index in [1.807, 2.05) is 42.5 Å². The number of likely N-dealkylation sites (N-methyl/N-ethyl adjacent to an activating group) is 2. The number of carboxylic acid groups (broad SMARTS) is 4. The zero-order valence-corrected chi connectivity index (χ0v) is 28.7. The van der Waals surface area contributed by atoms with Gasteiger partial charge in [-0.05, 0) is 55.4 Å². The van der Waals surface area contributed by atoms with Crippen molar-refractivity contribution < 1.29 is 58.8 Å². The fraction of sp³-hybridized carbons (Fsp3) is 0.471. The highest BCUT2D eigenvalue weighted by atomic mass is 16.4. The number of fused-ring (bicyclic) bond motifs is 1. The molecule has 278 valence electrons. The number of amides is 5. The van der Waals surface area contributed by atoms with Crippen molar-refractivity contribution in [1.29, 1.82) is 0 Å². The SMILES string of the molecule is CN(C(=O)N(C)[C@@H](CCC(=O)N[C@](C)(CCCCNC(=O)[C@H](Cc1ccc2ccccc2c1)NC=O)C(=O)O)C(=O)O)[C@@H](CCC(=O)O)C(=O)O. The molecule has 7 N–H and O–H groups in total. The number of urea groups is 1. The maximum Gasteiger partial charge on any atom is 0.329 e. The van der Waals surface area contributed by atoms with Crippen LogP contribution < -0.4 is 16.0 Å². The minimum Gasteiger partial charge on any atom is -0.481 e. The topological polar surface area (TPSA) is 260 Å². The van der Waals surface area contributed by atoms with Crippen molar-refractivity contribution >= 4 is 58.9 Å². The summed E-state index contributed by atoms with van der Waals surface area (Å²) in [5.74, 6) is -6.86. The van der Waals surface area contributed by atoms with Crippen LogP contribution in [0.4, 0.5) is 4.79 Å². The Morgan fingerprint density at radius 3 is 1.96 bits per heavy atom. The lowest BCUT2D eigenvalue weighted by atomic mass is 9.94. The average molecular weight is 716 g/mol. The maximum absolute atomic E-state index is 12.9. The first-order valence-electron chi connectivity index (χ1n) is 16.2. The molecule has 0 fully saturated rings. The summed E-state index contributed by atoms with van der Waals surface area (Å²) in [5, 5.41) is 47.6. The first-order valence-corrected chi connectivity index (χ1v) is 16.2. The van der Waals surface area contributed by atoms with E-state index >= 15 is 0 Å². The molecule has 17 nitrogen and oxygen atoms in total. The van der Waals surface area contributed by atoms with Crippen molar-refractivity contribution in [2.45, 2.75) is 82.0 Å². The fourth-order valence-electron chi connectivity index (χ4n) is 5.45. The molecule has 0 aliphatic carbocycles. The Morgan fingerprint density at radius 2 is 1.41 bits per heavy atom. The van der Waals surface area contributed by atoms with Gasteiger partial charge in [0.15, 0.2) is 0 Å². The summed E-state index contributed by atoms with van der Waals surface area (Å²) in [7, 11) is 2.17. The highest BCUT2D eigenvalue weighted by Gasteiger charge is 2.37. The van der Waals surface area contributed by atoms with E-state index in [9.17, 15) is 53.7 Å². The van der Waals surface area contributed by atoms with Crippen molar-refractivity contribution in [1.82, 2.24) is 25.8 Å².